The second-order valence-electron chi connectivity index (χ2n) is 5.22. The Bertz CT molecular complexity index is 110. The van der Waals surface area contributed by atoms with Gasteiger partial charge in [-0.2, -0.15) is 6.42 Å². The van der Waals surface area contributed by atoms with Crippen molar-refractivity contribution < 1.29 is 20.1 Å². The van der Waals surface area contributed by atoms with E-state index in [-0.39, 0.29) is 20.1 Å². The first kappa shape index (κ1) is 19.0. The van der Waals surface area contributed by atoms with E-state index in [1.165, 1.54) is 64.2 Å². The fourth-order valence-electron chi connectivity index (χ4n) is 1.97. The molecule has 0 rings (SSSR count). The molecule has 101 valence electrons. The van der Waals surface area contributed by atoms with Crippen LogP contribution in [0.15, 0.2) is 0 Å². The van der Waals surface area contributed by atoms with Crippen LogP contribution in [0.3, 0.4) is 0 Å². The van der Waals surface area contributed by atoms with Crippen LogP contribution in [0.1, 0.15) is 84.5 Å². The summed E-state index contributed by atoms with van der Waals surface area (Å²) in [6.07, 6.45) is 15.4. The summed E-state index contributed by atoms with van der Waals surface area (Å²) < 4.78 is 0. The molecule has 0 heterocycles. The Hall–Kier alpha value is 0.649. The molecule has 0 aromatic carbocycles. The minimum absolute atomic E-state index is 0. The van der Waals surface area contributed by atoms with Crippen LogP contribution in [0.4, 0.5) is 0 Å². The average Bonchev–Trinajstić information content (AvgIpc) is 2.20. The molecular formula is C15H31Ir-. The smallest absolute Gasteiger partial charge is 0 e. The molecule has 0 amide bonds. The molecule has 0 nitrogen and oxygen atoms in total. The van der Waals surface area contributed by atoms with Gasteiger partial charge in [0, 0.05) is 20.1 Å². The molecule has 0 saturated heterocycles. The minimum atomic E-state index is 0. The van der Waals surface area contributed by atoms with Crippen LogP contribution >= 0.6 is 0 Å². The van der Waals surface area contributed by atoms with E-state index < -0.39 is 0 Å². The van der Waals surface area contributed by atoms with Gasteiger partial charge in [-0.15, -0.1) is 0 Å². The zero-order valence-corrected chi connectivity index (χ0v) is 13.8. The second kappa shape index (κ2) is 15.6. The second-order valence-corrected chi connectivity index (χ2v) is 5.22. The van der Waals surface area contributed by atoms with Crippen molar-refractivity contribution in [3.05, 3.63) is 6.92 Å². The molecule has 0 aliphatic heterocycles. The third kappa shape index (κ3) is 17.1. The zero-order valence-electron chi connectivity index (χ0n) is 11.4. The van der Waals surface area contributed by atoms with Crippen LogP contribution in [-0.4, -0.2) is 0 Å². The third-order valence-electron chi connectivity index (χ3n) is 3.03. The van der Waals surface area contributed by atoms with E-state index in [9.17, 15) is 0 Å². The first-order valence-corrected chi connectivity index (χ1v) is 7.06. The van der Waals surface area contributed by atoms with E-state index in [1.54, 1.807) is 0 Å². The van der Waals surface area contributed by atoms with Crippen LogP contribution in [0, 0.1) is 12.8 Å². The van der Waals surface area contributed by atoms with Gasteiger partial charge in [0.25, 0.3) is 0 Å². The molecule has 0 spiro atoms. The fourth-order valence-corrected chi connectivity index (χ4v) is 1.97. The van der Waals surface area contributed by atoms with Gasteiger partial charge in [0.15, 0.2) is 0 Å². The predicted octanol–water partition coefficient (Wildman–Crippen LogP) is 5.77. The molecule has 0 N–H and O–H groups in total. The summed E-state index contributed by atoms with van der Waals surface area (Å²) in [5.41, 5.74) is 0. The minimum Gasteiger partial charge on any atom is -0.343 e. The van der Waals surface area contributed by atoms with Gasteiger partial charge in [0.1, 0.15) is 0 Å². The standard InChI is InChI=1S/C15H31.Ir/c1-4-5-6-7-8-9-10-11-12-13-14-15(2)3;/h15H,1,4-14H2,2-3H3;/q-1;. The Morgan fingerprint density at radius 2 is 1.06 bits per heavy atom. The Kier molecular flexibility index (Phi) is 18.6. The molecule has 0 unspecified atom stereocenters. The van der Waals surface area contributed by atoms with Crippen LogP contribution in [0.5, 0.6) is 0 Å². The first-order valence-electron chi connectivity index (χ1n) is 7.06. The molecule has 1 radical (unpaired) electrons. The zero-order chi connectivity index (χ0) is 11.4. The van der Waals surface area contributed by atoms with Crippen molar-refractivity contribution in [1.82, 2.24) is 0 Å². The molecule has 0 saturated carbocycles. The Balaban J connectivity index is 0. The van der Waals surface area contributed by atoms with Crippen LogP contribution in [0.2, 0.25) is 0 Å². The van der Waals surface area contributed by atoms with Crippen molar-refractivity contribution >= 4 is 0 Å². The summed E-state index contributed by atoms with van der Waals surface area (Å²) in [7, 11) is 0. The van der Waals surface area contributed by atoms with Gasteiger partial charge in [0.2, 0.25) is 0 Å². The number of hydrogen-bond acceptors (Lipinski definition) is 0. The summed E-state index contributed by atoms with van der Waals surface area (Å²) in [5, 5.41) is 0. The molecule has 1 heteroatoms. The summed E-state index contributed by atoms with van der Waals surface area (Å²) in [5.74, 6) is 0.896. The van der Waals surface area contributed by atoms with Gasteiger partial charge in [-0.05, 0) is 5.92 Å². The molecule has 0 aromatic heterocycles. The SMILES string of the molecule is [CH2-]CCCCCCCCCCCC(C)C.[Ir]. The topological polar surface area (TPSA) is 0 Å². The summed E-state index contributed by atoms with van der Waals surface area (Å²) in [6, 6.07) is 0. The van der Waals surface area contributed by atoms with Crippen LogP contribution < -0.4 is 0 Å². The maximum Gasteiger partial charge on any atom is 0 e. The van der Waals surface area contributed by atoms with Crippen molar-refractivity contribution in [3.63, 3.8) is 0 Å². The van der Waals surface area contributed by atoms with Gasteiger partial charge < -0.3 is 6.92 Å². The van der Waals surface area contributed by atoms with E-state index in [0.717, 1.165) is 12.3 Å². The molecule has 0 atom stereocenters. The Morgan fingerprint density at radius 1 is 0.688 bits per heavy atom. The predicted molar refractivity (Wildman–Crippen MR) is 71.0 cm³/mol. The normalized spacial score (nSPS) is 10.5. The van der Waals surface area contributed by atoms with Gasteiger partial charge in [-0.1, -0.05) is 78.1 Å². The van der Waals surface area contributed by atoms with Gasteiger partial charge in [-0.3, -0.25) is 0 Å². The number of rotatable bonds is 11. The molecule has 0 aliphatic carbocycles. The van der Waals surface area contributed by atoms with Gasteiger partial charge in [0.05, 0.1) is 0 Å². The first-order chi connectivity index (χ1) is 7.27. The maximum absolute atomic E-state index is 3.87. The molecule has 0 aliphatic rings. The third-order valence-corrected chi connectivity index (χ3v) is 3.03. The summed E-state index contributed by atoms with van der Waals surface area (Å²) in [6.45, 7) is 8.51. The quantitative estimate of drug-likeness (QED) is 0.304. The van der Waals surface area contributed by atoms with Crippen molar-refractivity contribution in [2.45, 2.75) is 84.5 Å². The molecule has 16 heavy (non-hydrogen) atoms. The summed E-state index contributed by atoms with van der Waals surface area (Å²) in [4.78, 5) is 0. The number of unbranched alkanes of at least 4 members (excludes halogenated alkanes) is 9. The largest absolute Gasteiger partial charge is 0.343 e. The number of hydrogen-bond donors (Lipinski definition) is 0. The molecule has 0 aromatic rings. The van der Waals surface area contributed by atoms with E-state index in [2.05, 4.69) is 20.8 Å². The fraction of sp³-hybridized carbons (Fsp3) is 0.933. The monoisotopic (exact) mass is 404 g/mol. The molecule has 0 bridgehead atoms. The van der Waals surface area contributed by atoms with E-state index in [1.807, 2.05) is 0 Å². The van der Waals surface area contributed by atoms with E-state index in [4.69, 9.17) is 0 Å². The van der Waals surface area contributed by atoms with E-state index in [0.29, 0.717) is 0 Å². The van der Waals surface area contributed by atoms with Crippen LogP contribution in [-0.2, 0) is 20.1 Å². The summed E-state index contributed by atoms with van der Waals surface area (Å²) >= 11 is 0. The Morgan fingerprint density at radius 3 is 1.44 bits per heavy atom. The average molecular weight is 404 g/mol. The van der Waals surface area contributed by atoms with Crippen molar-refractivity contribution in [1.29, 1.82) is 0 Å². The van der Waals surface area contributed by atoms with Gasteiger partial charge >= 0.3 is 0 Å². The van der Waals surface area contributed by atoms with Crippen molar-refractivity contribution in [2.75, 3.05) is 0 Å². The van der Waals surface area contributed by atoms with Crippen molar-refractivity contribution in [3.8, 4) is 0 Å². The van der Waals surface area contributed by atoms with E-state index >= 15 is 0 Å². The maximum atomic E-state index is 3.87. The molecular weight excluding hydrogens is 372 g/mol. The Labute approximate surface area is 117 Å². The molecule has 0 fully saturated rings. The van der Waals surface area contributed by atoms with Gasteiger partial charge in [-0.25, -0.2) is 0 Å². The van der Waals surface area contributed by atoms with Crippen LogP contribution in [0.25, 0.3) is 0 Å². The van der Waals surface area contributed by atoms with Crippen molar-refractivity contribution in [2.24, 2.45) is 5.92 Å².